The fourth-order valence-electron chi connectivity index (χ4n) is 2.05. The molecule has 1 amide bonds. The highest BCUT2D eigenvalue weighted by Gasteiger charge is 2.18. The third-order valence-corrected chi connectivity index (χ3v) is 3.36. The molecule has 4 nitrogen and oxygen atoms in total. The van der Waals surface area contributed by atoms with Gasteiger partial charge in [0, 0.05) is 26.2 Å². The number of piperazine rings is 1. The minimum atomic E-state index is -0.247. The fourth-order valence-corrected chi connectivity index (χ4v) is 2.05. The highest BCUT2D eigenvalue weighted by atomic mass is 16.6. The van der Waals surface area contributed by atoms with Crippen LogP contribution in [0.1, 0.15) is 16.7 Å². The summed E-state index contributed by atoms with van der Waals surface area (Å²) in [5.74, 6) is 0.668. The summed E-state index contributed by atoms with van der Waals surface area (Å²) in [4.78, 5) is 13.7. The second-order valence-electron chi connectivity index (χ2n) is 4.81. The maximum Gasteiger partial charge on any atom is 0.415 e. The summed E-state index contributed by atoms with van der Waals surface area (Å²) in [6, 6.07) is 3.99. The van der Waals surface area contributed by atoms with Crippen LogP contribution in [0.5, 0.6) is 5.75 Å². The first-order valence-electron chi connectivity index (χ1n) is 6.33. The van der Waals surface area contributed by atoms with E-state index >= 15 is 0 Å². The number of carbonyl (C=O) groups is 1. The van der Waals surface area contributed by atoms with Crippen molar-refractivity contribution in [3.05, 3.63) is 28.8 Å². The lowest BCUT2D eigenvalue weighted by molar-refractivity contribution is 0.145. The number of aryl methyl sites for hydroxylation is 3. The lowest BCUT2D eigenvalue weighted by Crippen LogP contribution is -2.47. The van der Waals surface area contributed by atoms with E-state index in [4.69, 9.17) is 4.74 Å². The van der Waals surface area contributed by atoms with Crippen LogP contribution in [0.2, 0.25) is 0 Å². The van der Waals surface area contributed by atoms with Gasteiger partial charge in [0.2, 0.25) is 0 Å². The largest absolute Gasteiger partial charge is 0.415 e. The van der Waals surface area contributed by atoms with Gasteiger partial charge in [-0.15, -0.1) is 0 Å². The SMILES string of the molecule is Cc1cc(C)c(OC(=O)N2CCNCC2)cc1C. The summed E-state index contributed by atoms with van der Waals surface area (Å²) in [7, 11) is 0. The zero-order valence-corrected chi connectivity index (χ0v) is 11.2. The lowest BCUT2D eigenvalue weighted by Gasteiger charge is -2.26. The first kappa shape index (κ1) is 12.9. The highest BCUT2D eigenvalue weighted by Crippen LogP contribution is 2.23. The molecule has 18 heavy (non-hydrogen) atoms. The average Bonchev–Trinajstić information content (AvgIpc) is 2.37. The molecule has 0 aromatic heterocycles. The second-order valence-corrected chi connectivity index (χ2v) is 4.81. The zero-order valence-electron chi connectivity index (χ0n) is 11.2. The van der Waals surface area contributed by atoms with Crippen molar-refractivity contribution in [1.29, 1.82) is 0 Å². The molecule has 2 rings (SSSR count). The molecule has 0 spiro atoms. The average molecular weight is 248 g/mol. The Hall–Kier alpha value is -1.55. The smallest absolute Gasteiger partial charge is 0.410 e. The summed E-state index contributed by atoms with van der Waals surface area (Å²) in [5, 5.41) is 3.21. The normalized spacial score (nSPS) is 15.6. The van der Waals surface area contributed by atoms with Crippen LogP contribution < -0.4 is 10.1 Å². The Morgan fingerprint density at radius 3 is 2.39 bits per heavy atom. The van der Waals surface area contributed by atoms with Crippen LogP contribution in [0.25, 0.3) is 0 Å². The predicted molar refractivity (Wildman–Crippen MR) is 71.1 cm³/mol. The Morgan fingerprint density at radius 2 is 1.72 bits per heavy atom. The highest BCUT2D eigenvalue weighted by molar-refractivity contribution is 5.71. The minimum Gasteiger partial charge on any atom is -0.410 e. The van der Waals surface area contributed by atoms with Gasteiger partial charge in [-0.2, -0.15) is 0 Å². The molecule has 0 aliphatic carbocycles. The summed E-state index contributed by atoms with van der Waals surface area (Å²) in [6.07, 6.45) is -0.247. The van der Waals surface area contributed by atoms with Crippen LogP contribution in [0.3, 0.4) is 0 Å². The van der Waals surface area contributed by atoms with Crippen molar-refractivity contribution < 1.29 is 9.53 Å². The van der Waals surface area contributed by atoms with Crippen LogP contribution >= 0.6 is 0 Å². The number of hydrogen-bond donors (Lipinski definition) is 1. The molecule has 0 radical (unpaired) electrons. The molecule has 0 saturated carbocycles. The van der Waals surface area contributed by atoms with Gasteiger partial charge in [-0.05, 0) is 43.5 Å². The Morgan fingerprint density at radius 1 is 1.11 bits per heavy atom. The van der Waals surface area contributed by atoms with Crippen molar-refractivity contribution in [2.75, 3.05) is 26.2 Å². The molecular formula is C14H20N2O2. The summed E-state index contributed by atoms with van der Waals surface area (Å²) in [5.41, 5.74) is 3.36. The van der Waals surface area contributed by atoms with Gasteiger partial charge in [0.1, 0.15) is 5.75 Å². The van der Waals surface area contributed by atoms with Crippen molar-refractivity contribution >= 4 is 6.09 Å². The third-order valence-electron chi connectivity index (χ3n) is 3.36. The Kier molecular flexibility index (Phi) is 3.87. The van der Waals surface area contributed by atoms with Gasteiger partial charge in [0.05, 0.1) is 0 Å². The number of nitrogens with zero attached hydrogens (tertiary/aromatic N) is 1. The number of benzene rings is 1. The minimum absolute atomic E-state index is 0.247. The standard InChI is InChI=1S/C14H20N2O2/c1-10-8-12(3)13(9-11(10)2)18-14(17)16-6-4-15-5-7-16/h8-9,15H,4-7H2,1-3H3. The van der Waals surface area contributed by atoms with Gasteiger partial charge >= 0.3 is 6.09 Å². The van der Waals surface area contributed by atoms with Crippen LogP contribution in [0.4, 0.5) is 4.79 Å². The van der Waals surface area contributed by atoms with Crippen LogP contribution in [0, 0.1) is 20.8 Å². The van der Waals surface area contributed by atoms with Crippen molar-refractivity contribution in [3.63, 3.8) is 0 Å². The molecule has 0 unspecified atom stereocenters. The number of carbonyl (C=O) groups excluding carboxylic acids is 1. The zero-order chi connectivity index (χ0) is 13.1. The lowest BCUT2D eigenvalue weighted by atomic mass is 10.1. The maximum absolute atomic E-state index is 12.0. The number of ether oxygens (including phenoxy) is 1. The molecule has 98 valence electrons. The van der Waals surface area contributed by atoms with Crippen molar-refractivity contribution in [2.45, 2.75) is 20.8 Å². The van der Waals surface area contributed by atoms with Gasteiger partial charge in [0.15, 0.2) is 0 Å². The number of amides is 1. The topological polar surface area (TPSA) is 41.6 Å². The van der Waals surface area contributed by atoms with Crippen LogP contribution in [0.15, 0.2) is 12.1 Å². The van der Waals surface area contributed by atoms with Crippen LogP contribution in [-0.2, 0) is 0 Å². The van der Waals surface area contributed by atoms with Gasteiger partial charge in [-0.3, -0.25) is 0 Å². The summed E-state index contributed by atoms with van der Waals surface area (Å²) < 4.78 is 5.48. The van der Waals surface area contributed by atoms with E-state index in [1.54, 1.807) is 4.90 Å². The monoisotopic (exact) mass is 248 g/mol. The molecule has 1 aromatic carbocycles. The van der Waals surface area contributed by atoms with Crippen molar-refractivity contribution in [3.8, 4) is 5.75 Å². The summed E-state index contributed by atoms with van der Waals surface area (Å²) in [6.45, 7) is 9.14. The molecule has 1 aliphatic rings. The second kappa shape index (κ2) is 5.40. The Labute approximate surface area is 108 Å². The van der Waals surface area contributed by atoms with E-state index in [0.717, 1.165) is 24.2 Å². The molecule has 1 aliphatic heterocycles. The van der Waals surface area contributed by atoms with Crippen LogP contribution in [-0.4, -0.2) is 37.2 Å². The van der Waals surface area contributed by atoms with E-state index in [9.17, 15) is 4.79 Å². The van der Waals surface area contributed by atoms with Crippen molar-refractivity contribution in [1.82, 2.24) is 10.2 Å². The predicted octanol–water partition coefficient (Wildman–Crippen LogP) is 2.02. The van der Waals surface area contributed by atoms with E-state index < -0.39 is 0 Å². The van der Waals surface area contributed by atoms with E-state index in [2.05, 4.69) is 18.3 Å². The van der Waals surface area contributed by atoms with Gasteiger partial charge < -0.3 is 15.0 Å². The molecule has 1 heterocycles. The van der Waals surface area contributed by atoms with Gasteiger partial charge in [0.25, 0.3) is 0 Å². The third kappa shape index (κ3) is 2.82. The van der Waals surface area contributed by atoms with Crippen molar-refractivity contribution in [2.24, 2.45) is 0 Å². The molecule has 4 heteroatoms. The number of rotatable bonds is 1. The molecule has 1 N–H and O–H groups in total. The first-order valence-corrected chi connectivity index (χ1v) is 6.33. The maximum atomic E-state index is 12.0. The molecule has 1 aromatic rings. The molecule has 1 saturated heterocycles. The quantitative estimate of drug-likeness (QED) is 0.826. The van der Waals surface area contributed by atoms with E-state index in [-0.39, 0.29) is 6.09 Å². The van der Waals surface area contributed by atoms with Gasteiger partial charge in [-0.25, -0.2) is 4.79 Å². The number of nitrogens with one attached hydrogen (secondary N) is 1. The first-order chi connectivity index (χ1) is 8.58. The number of hydrogen-bond acceptors (Lipinski definition) is 3. The molecule has 0 atom stereocenters. The van der Waals surface area contributed by atoms with E-state index in [0.29, 0.717) is 18.8 Å². The van der Waals surface area contributed by atoms with Gasteiger partial charge in [-0.1, -0.05) is 6.07 Å². The summed E-state index contributed by atoms with van der Waals surface area (Å²) >= 11 is 0. The molecule has 0 bridgehead atoms. The molecule has 1 fully saturated rings. The fraction of sp³-hybridized carbons (Fsp3) is 0.500. The Balaban J connectivity index is 2.08. The Bertz CT molecular complexity index is 451. The molecular weight excluding hydrogens is 228 g/mol. The van der Waals surface area contributed by atoms with E-state index in [1.807, 2.05) is 19.9 Å². The van der Waals surface area contributed by atoms with E-state index in [1.165, 1.54) is 5.56 Å².